The molecule has 3 heterocycles. The van der Waals surface area contributed by atoms with Crippen LogP contribution in [0.3, 0.4) is 0 Å². The minimum Gasteiger partial charge on any atom is -0.455 e. The Balaban J connectivity index is 1.59. The fourth-order valence-electron chi connectivity index (χ4n) is 2.65. The number of hydrogen-bond acceptors (Lipinski definition) is 7. The highest BCUT2D eigenvalue weighted by atomic mass is 32.2. The third kappa shape index (κ3) is 3.59. The molecule has 1 saturated heterocycles. The van der Waals surface area contributed by atoms with Crippen molar-refractivity contribution in [2.75, 3.05) is 18.1 Å². The number of aromatic nitrogens is 3. The number of ether oxygens (including phenoxy) is 2. The summed E-state index contributed by atoms with van der Waals surface area (Å²) in [5.74, 6) is 1.23. The van der Waals surface area contributed by atoms with Gasteiger partial charge in [0, 0.05) is 5.75 Å². The second-order valence-electron chi connectivity index (χ2n) is 5.43. The number of carbonyl (C=O) groups excluding carboxylic acids is 1. The highest BCUT2D eigenvalue weighted by Gasteiger charge is 2.29. The third-order valence-corrected chi connectivity index (χ3v) is 4.73. The molecule has 124 valence electrons. The molecule has 2 N–H and O–H groups in total. The van der Waals surface area contributed by atoms with Crippen LogP contribution in [0.15, 0.2) is 18.5 Å². The van der Waals surface area contributed by atoms with Gasteiger partial charge in [-0.15, -0.1) is 0 Å². The van der Waals surface area contributed by atoms with E-state index in [9.17, 15) is 4.79 Å². The molecule has 0 bridgehead atoms. The van der Waals surface area contributed by atoms with Crippen LogP contribution >= 0.6 is 11.8 Å². The lowest BCUT2D eigenvalue weighted by Crippen LogP contribution is -2.17. The van der Waals surface area contributed by atoms with E-state index >= 15 is 0 Å². The van der Waals surface area contributed by atoms with Crippen LogP contribution in [-0.2, 0) is 9.47 Å². The van der Waals surface area contributed by atoms with Gasteiger partial charge in [-0.2, -0.15) is 5.10 Å². The molecule has 0 amide bonds. The van der Waals surface area contributed by atoms with Crippen molar-refractivity contribution in [1.29, 1.82) is 0 Å². The van der Waals surface area contributed by atoms with Gasteiger partial charge in [0.25, 0.3) is 0 Å². The van der Waals surface area contributed by atoms with E-state index in [1.54, 1.807) is 4.52 Å². The molecule has 2 aromatic rings. The zero-order valence-corrected chi connectivity index (χ0v) is 13.8. The van der Waals surface area contributed by atoms with E-state index in [0.29, 0.717) is 12.4 Å². The Hall–Kier alpha value is -1.80. The SMILES string of the molecule is CCCSC(=O)OCC1CCC(c2ccc3c(N)ncnn23)O1. The lowest BCUT2D eigenvalue weighted by Gasteiger charge is -2.14. The number of carbonyl (C=O) groups is 1. The van der Waals surface area contributed by atoms with Crippen molar-refractivity contribution in [3.8, 4) is 0 Å². The smallest absolute Gasteiger partial charge is 0.367 e. The van der Waals surface area contributed by atoms with E-state index in [1.807, 2.05) is 19.1 Å². The summed E-state index contributed by atoms with van der Waals surface area (Å²) in [4.78, 5) is 15.5. The Morgan fingerprint density at radius 1 is 1.52 bits per heavy atom. The Labute approximate surface area is 138 Å². The van der Waals surface area contributed by atoms with E-state index in [4.69, 9.17) is 15.2 Å². The van der Waals surface area contributed by atoms with Gasteiger partial charge in [-0.1, -0.05) is 6.92 Å². The number of nitrogens with zero attached hydrogens (tertiary/aromatic N) is 3. The van der Waals surface area contributed by atoms with Crippen LogP contribution in [0.25, 0.3) is 5.52 Å². The van der Waals surface area contributed by atoms with Crippen LogP contribution < -0.4 is 5.73 Å². The van der Waals surface area contributed by atoms with Gasteiger partial charge in [0.1, 0.15) is 24.6 Å². The highest BCUT2D eigenvalue weighted by Crippen LogP contribution is 2.34. The quantitative estimate of drug-likeness (QED) is 0.839. The van der Waals surface area contributed by atoms with Gasteiger partial charge in [-0.25, -0.2) is 14.3 Å². The van der Waals surface area contributed by atoms with Crippen LogP contribution in [0.4, 0.5) is 10.6 Å². The summed E-state index contributed by atoms with van der Waals surface area (Å²) in [6.07, 6.45) is 3.96. The second-order valence-corrected chi connectivity index (χ2v) is 6.46. The Morgan fingerprint density at radius 3 is 3.22 bits per heavy atom. The summed E-state index contributed by atoms with van der Waals surface area (Å²) in [7, 11) is 0. The maximum Gasteiger partial charge on any atom is 0.367 e. The first-order chi connectivity index (χ1) is 11.2. The molecule has 0 spiro atoms. The monoisotopic (exact) mass is 336 g/mol. The molecule has 0 radical (unpaired) electrons. The average molecular weight is 336 g/mol. The molecule has 8 heteroatoms. The molecule has 3 rings (SSSR count). The fourth-order valence-corrected chi connectivity index (χ4v) is 3.17. The second kappa shape index (κ2) is 7.18. The zero-order chi connectivity index (χ0) is 16.2. The van der Waals surface area contributed by atoms with Gasteiger partial charge < -0.3 is 15.2 Å². The minimum atomic E-state index is -0.229. The van der Waals surface area contributed by atoms with E-state index < -0.39 is 0 Å². The standard InChI is InChI=1S/C15H20N4O3S/c1-2-7-23-15(20)21-8-10-3-6-13(22-10)11-4-5-12-14(16)17-9-18-19(11)12/h4-5,9-10,13H,2-3,6-8H2,1H3,(H2,16,17,18). The average Bonchev–Trinajstić information content (AvgIpc) is 3.18. The first-order valence-corrected chi connectivity index (χ1v) is 8.70. The minimum absolute atomic E-state index is 0.0706. The maximum absolute atomic E-state index is 11.5. The van der Waals surface area contributed by atoms with Gasteiger partial charge in [0.05, 0.1) is 11.8 Å². The Kier molecular flexibility index (Phi) is 5.02. The molecular formula is C15H20N4O3S. The number of nitrogen functional groups attached to an aromatic ring is 1. The molecule has 23 heavy (non-hydrogen) atoms. The molecule has 2 atom stereocenters. The van der Waals surface area contributed by atoms with Gasteiger partial charge in [0.15, 0.2) is 5.82 Å². The Morgan fingerprint density at radius 2 is 2.39 bits per heavy atom. The number of fused-ring (bicyclic) bond motifs is 1. The third-order valence-electron chi connectivity index (χ3n) is 3.76. The number of anilines is 1. The van der Waals surface area contributed by atoms with Crippen molar-refractivity contribution in [3.05, 3.63) is 24.2 Å². The molecular weight excluding hydrogens is 316 g/mol. The van der Waals surface area contributed by atoms with Crippen LogP contribution in [0.5, 0.6) is 0 Å². The molecule has 2 aromatic heterocycles. The summed E-state index contributed by atoms with van der Waals surface area (Å²) in [6, 6.07) is 3.85. The molecule has 0 saturated carbocycles. The molecule has 1 aliphatic heterocycles. The predicted molar refractivity (Wildman–Crippen MR) is 88.3 cm³/mol. The molecule has 1 aliphatic rings. The van der Waals surface area contributed by atoms with Crippen molar-refractivity contribution in [2.45, 2.75) is 38.4 Å². The molecule has 0 aromatic carbocycles. The largest absolute Gasteiger partial charge is 0.455 e. The number of thioether (sulfide) groups is 1. The topological polar surface area (TPSA) is 91.7 Å². The maximum atomic E-state index is 11.5. The fraction of sp³-hybridized carbons (Fsp3) is 0.533. The van der Waals surface area contributed by atoms with Gasteiger partial charge in [0.2, 0.25) is 0 Å². The molecule has 0 aliphatic carbocycles. The lowest BCUT2D eigenvalue weighted by molar-refractivity contribution is 0.00641. The first kappa shape index (κ1) is 16.1. The zero-order valence-electron chi connectivity index (χ0n) is 13.0. The van der Waals surface area contributed by atoms with Crippen molar-refractivity contribution >= 4 is 28.4 Å². The van der Waals surface area contributed by atoms with E-state index in [0.717, 1.165) is 36.2 Å². The number of hydrogen-bond donors (Lipinski definition) is 1. The first-order valence-electron chi connectivity index (χ1n) is 7.72. The van der Waals surface area contributed by atoms with Crippen LogP contribution in [-0.4, -0.2) is 38.4 Å². The van der Waals surface area contributed by atoms with E-state index in [-0.39, 0.29) is 17.5 Å². The van der Waals surface area contributed by atoms with Crippen molar-refractivity contribution in [3.63, 3.8) is 0 Å². The summed E-state index contributed by atoms with van der Waals surface area (Å²) < 4.78 is 13.0. The van der Waals surface area contributed by atoms with E-state index in [1.165, 1.54) is 18.1 Å². The van der Waals surface area contributed by atoms with Crippen LogP contribution in [0, 0.1) is 0 Å². The van der Waals surface area contributed by atoms with Gasteiger partial charge in [-0.3, -0.25) is 0 Å². The number of rotatable bonds is 5. The van der Waals surface area contributed by atoms with Crippen LogP contribution in [0.1, 0.15) is 38.0 Å². The Bertz CT molecular complexity index is 690. The van der Waals surface area contributed by atoms with Crippen molar-refractivity contribution in [2.24, 2.45) is 0 Å². The normalized spacial score (nSPS) is 20.9. The molecule has 7 nitrogen and oxygen atoms in total. The van der Waals surface area contributed by atoms with Gasteiger partial charge >= 0.3 is 5.30 Å². The predicted octanol–water partition coefficient (Wildman–Crippen LogP) is 2.81. The summed E-state index contributed by atoms with van der Waals surface area (Å²) in [5, 5.41) is 4.01. The number of nitrogens with two attached hydrogens (primary N) is 1. The van der Waals surface area contributed by atoms with Crippen molar-refractivity contribution < 1.29 is 14.3 Å². The molecule has 1 fully saturated rings. The van der Waals surface area contributed by atoms with Gasteiger partial charge in [-0.05, 0) is 43.2 Å². The summed E-state index contributed by atoms with van der Waals surface area (Å²) >= 11 is 1.21. The lowest BCUT2D eigenvalue weighted by atomic mass is 10.1. The molecule has 2 unspecified atom stereocenters. The van der Waals surface area contributed by atoms with E-state index in [2.05, 4.69) is 10.1 Å². The van der Waals surface area contributed by atoms with Crippen molar-refractivity contribution in [1.82, 2.24) is 14.6 Å². The summed E-state index contributed by atoms with van der Waals surface area (Å²) in [5.41, 5.74) is 7.57. The highest BCUT2D eigenvalue weighted by molar-refractivity contribution is 8.13. The summed E-state index contributed by atoms with van der Waals surface area (Å²) in [6.45, 7) is 2.33. The van der Waals surface area contributed by atoms with Crippen LogP contribution in [0.2, 0.25) is 0 Å².